The monoisotopic (exact) mass is 415 g/mol. The van der Waals surface area contributed by atoms with E-state index in [-0.39, 0.29) is 5.91 Å². The number of hydrogen-bond acceptors (Lipinski definition) is 4. The molecule has 0 aliphatic rings. The van der Waals surface area contributed by atoms with E-state index in [9.17, 15) is 4.79 Å². The standard InChI is InChI=1S/C19H18BrN3O3/c1-25-17-3-2-4-18(11-17)26-10-9-21-19(24)14-12-22-23(13-14)16-7-5-15(20)6-8-16/h2-8,11-13H,9-10H2,1H3,(H,21,24). The minimum absolute atomic E-state index is 0.192. The van der Waals surface area contributed by atoms with Crippen molar-refractivity contribution in [3.63, 3.8) is 0 Å². The highest BCUT2D eigenvalue weighted by atomic mass is 79.9. The fourth-order valence-electron chi connectivity index (χ4n) is 2.30. The molecule has 1 aromatic heterocycles. The number of hydrogen-bond donors (Lipinski definition) is 1. The number of nitrogens with one attached hydrogen (secondary N) is 1. The van der Waals surface area contributed by atoms with Gasteiger partial charge in [-0.05, 0) is 36.4 Å². The molecular weight excluding hydrogens is 398 g/mol. The van der Waals surface area contributed by atoms with Crippen molar-refractivity contribution in [2.24, 2.45) is 0 Å². The molecule has 1 amide bonds. The molecule has 0 saturated heterocycles. The van der Waals surface area contributed by atoms with Crippen molar-refractivity contribution in [1.29, 1.82) is 0 Å². The van der Waals surface area contributed by atoms with Crippen molar-refractivity contribution >= 4 is 21.8 Å². The van der Waals surface area contributed by atoms with Gasteiger partial charge in [0.25, 0.3) is 5.91 Å². The van der Waals surface area contributed by atoms with Crippen molar-refractivity contribution in [1.82, 2.24) is 15.1 Å². The van der Waals surface area contributed by atoms with Crippen LogP contribution in [0.5, 0.6) is 11.5 Å². The number of carbonyl (C=O) groups is 1. The van der Waals surface area contributed by atoms with Crippen LogP contribution in [0.4, 0.5) is 0 Å². The quantitative estimate of drug-likeness (QED) is 0.600. The van der Waals surface area contributed by atoms with E-state index >= 15 is 0 Å². The van der Waals surface area contributed by atoms with Gasteiger partial charge in [-0.3, -0.25) is 4.79 Å². The van der Waals surface area contributed by atoms with Crippen molar-refractivity contribution in [3.05, 3.63) is 71.0 Å². The van der Waals surface area contributed by atoms with Gasteiger partial charge in [0.15, 0.2) is 0 Å². The molecule has 0 aliphatic carbocycles. The highest BCUT2D eigenvalue weighted by molar-refractivity contribution is 9.10. The highest BCUT2D eigenvalue weighted by Crippen LogP contribution is 2.18. The molecule has 3 rings (SSSR count). The molecular formula is C19H18BrN3O3. The van der Waals surface area contributed by atoms with Gasteiger partial charge in [-0.1, -0.05) is 22.0 Å². The van der Waals surface area contributed by atoms with Crippen molar-refractivity contribution in [2.45, 2.75) is 0 Å². The Balaban J connectivity index is 1.50. The average Bonchev–Trinajstić information content (AvgIpc) is 3.16. The lowest BCUT2D eigenvalue weighted by Gasteiger charge is -2.08. The predicted molar refractivity (Wildman–Crippen MR) is 102 cm³/mol. The summed E-state index contributed by atoms with van der Waals surface area (Å²) >= 11 is 3.39. The third kappa shape index (κ3) is 4.64. The Hall–Kier alpha value is -2.80. The number of methoxy groups -OCH3 is 1. The van der Waals surface area contributed by atoms with Crippen LogP contribution in [-0.4, -0.2) is 35.9 Å². The topological polar surface area (TPSA) is 65.4 Å². The maximum absolute atomic E-state index is 12.2. The van der Waals surface area contributed by atoms with Crippen LogP contribution in [0.25, 0.3) is 5.69 Å². The number of carbonyl (C=O) groups excluding carboxylic acids is 1. The van der Waals surface area contributed by atoms with Crippen LogP contribution < -0.4 is 14.8 Å². The molecule has 7 heteroatoms. The lowest BCUT2D eigenvalue weighted by atomic mass is 10.3. The lowest BCUT2D eigenvalue weighted by Crippen LogP contribution is -2.27. The van der Waals surface area contributed by atoms with Crippen molar-refractivity contribution in [3.8, 4) is 17.2 Å². The molecule has 0 spiro atoms. The Morgan fingerprint density at radius 2 is 1.96 bits per heavy atom. The van der Waals surface area contributed by atoms with Gasteiger partial charge in [0.2, 0.25) is 0 Å². The molecule has 3 aromatic rings. The van der Waals surface area contributed by atoms with Crippen LogP contribution in [0.15, 0.2) is 65.4 Å². The van der Waals surface area contributed by atoms with Gasteiger partial charge in [-0.25, -0.2) is 4.68 Å². The van der Waals surface area contributed by atoms with E-state index < -0.39 is 0 Å². The highest BCUT2D eigenvalue weighted by Gasteiger charge is 2.09. The van der Waals surface area contributed by atoms with Gasteiger partial charge in [0.05, 0.1) is 31.1 Å². The summed E-state index contributed by atoms with van der Waals surface area (Å²) in [6.45, 7) is 0.749. The SMILES string of the molecule is COc1cccc(OCCNC(=O)c2cnn(-c3ccc(Br)cc3)c2)c1. The number of halogens is 1. The molecule has 26 heavy (non-hydrogen) atoms. The van der Waals surface area contributed by atoms with E-state index in [1.54, 1.807) is 30.3 Å². The number of nitrogens with zero attached hydrogens (tertiary/aromatic N) is 2. The normalized spacial score (nSPS) is 10.4. The zero-order chi connectivity index (χ0) is 18.4. The zero-order valence-electron chi connectivity index (χ0n) is 14.2. The Morgan fingerprint density at radius 1 is 1.19 bits per heavy atom. The minimum Gasteiger partial charge on any atom is -0.497 e. The van der Waals surface area contributed by atoms with Crippen molar-refractivity contribution < 1.29 is 14.3 Å². The summed E-state index contributed by atoms with van der Waals surface area (Å²) in [5.74, 6) is 1.23. The number of rotatable bonds is 7. The van der Waals surface area contributed by atoms with Crippen LogP contribution in [0, 0.1) is 0 Å². The van der Waals surface area contributed by atoms with E-state index in [2.05, 4.69) is 26.3 Å². The smallest absolute Gasteiger partial charge is 0.254 e. The predicted octanol–water partition coefficient (Wildman–Crippen LogP) is 3.45. The number of aromatic nitrogens is 2. The van der Waals surface area contributed by atoms with Crippen LogP contribution in [0.1, 0.15) is 10.4 Å². The molecule has 0 aliphatic heterocycles. The van der Waals surface area contributed by atoms with Gasteiger partial charge < -0.3 is 14.8 Å². The zero-order valence-corrected chi connectivity index (χ0v) is 15.8. The first-order valence-electron chi connectivity index (χ1n) is 8.01. The second kappa shape index (κ2) is 8.53. The Bertz CT molecular complexity index is 878. The van der Waals surface area contributed by atoms with Crippen LogP contribution in [0.3, 0.4) is 0 Å². The summed E-state index contributed by atoms with van der Waals surface area (Å²) in [6.07, 6.45) is 3.24. The minimum atomic E-state index is -0.192. The summed E-state index contributed by atoms with van der Waals surface area (Å²) in [7, 11) is 1.60. The van der Waals surface area contributed by atoms with E-state index in [1.807, 2.05) is 42.5 Å². The van der Waals surface area contributed by atoms with Gasteiger partial charge in [-0.2, -0.15) is 5.10 Å². The third-order valence-corrected chi connectivity index (χ3v) is 4.16. The lowest BCUT2D eigenvalue weighted by molar-refractivity contribution is 0.0947. The van der Waals surface area contributed by atoms with Gasteiger partial charge in [-0.15, -0.1) is 0 Å². The molecule has 134 valence electrons. The summed E-state index contributed by atoms with van der Waals surface area (Å²) < 4.78 is 13.4. The fraction of sp³-hybridized carbons (Fsp3) is 0.158. The van der Waals surface area contributed by atoms with Gasteiger partial charge in [0.1, 0.15) is 18.1 Å². The van der Waals surface area contributed by atoms with Crippen molar-refractivity contribution in [2.75, 3.05) is 20.3 Å². The summed E-state index contributed by atoms with van der Waals surface area (Å²) in [6, 6.07) is 15.0. The van der Waals surface area contributed by atoms with E-state index in [1.165, 1.54) is 0 Å². The first-order valence-corrected chi connectivity index (χ1v) is 8.80. The fourth-order valence-corrected chi connectivity index (χ4v) is 2.57. The Kier molecular flexibility index (Phi) is 5.91. The number of benzene rings is 2. The number of amides is 1. The number of ether oxygens (including phenoxy) is 2. The molecule has 1 N–H and O–H groups in total. The second-order valence-corrected chi connectivity index (χ2v) is 6.35. The first kappa shape index (κ1) is 18.0. The summed E-state index contributed by atoms with van der Waals surface area (Å²) in [5, 5.41) is 7.04. The molecule has 0 saturated carbocycles. The molecule has 6 nitrogen and oxygen atoms in total. The molecule has 0 fully saturated rings. The second-order valence-electron chi connectivity index (χ2n) is 5.43. The Labute approximate surface area is 159 Å². The Morgan fingerprint density at radius 3 is 2.73 bits per heavy atom. The van der Waals surface area contributed by atoms with Crippen LogP contribution in [-0.2, 0) is 0 Å². The molecule has 0 atom stereocenters. The van der Waals surface area contributed by atoms with Gasteiger partial charge >= 0.3 is 0 Å². The largest absolute Gasteiger partial charge is 0.497 e. The average molecular weight is 416 g/mol. The van der Waals surface area contributed by atoms with E-state index in [0.717, 1.165) is 15.9 Å². The van der Waals surface area contributed by atoms with E-state index in [0.29, 0.717) is 24.5 Å². The summed E-state index contributed by atoms with van der Waals surface area (Å²) in [5.41, 5.74) is 1.38. The maximum Gasteiger partial charge on any atom is 0.254 e. The molecule has 2 aromatic carbocycles. The third-order valence-electron chi connectivity index (χ3n) is 3.63. The molecule has 0 radical (unpaired) electrons. The molecule has 1 heterocycles. The van der Waals surface area contributed by atoms with E-state index in [4.69, 9.17) is 9.47 Å². The first-order chi connectivity index (χ1) is 12.7. The molecule has 0 unspecified atom stereocenters. The summed E-state index contributed by atoms with van der Waals surface area (Å²) in [4.78, 5) is 12.2. The van der Waals surface area contributed by atoms with Crippen LogP contribution in [0.2, 0.25) is 0 Å². The van der Waals surface area contributed by atoms with Crippen LogP contribution >= 0.6 is 15.9 Å². The maximum atomic E-state index is 12.2. The molecule has 0 bridgehead atoms. The van der Waals surface area contributed by atoms with Gasteiger partial charge in [0, 0.05) is 16.7 Å².